The molecule has 1 heterocycles. The molecule has 0 N–H and O–H groups in total. The van der Waals surface area contributed by atoms with Crippen molar-refractivity contribution in [2.24, 2.45) is 45.3 Å². The zero-order valence-corrected chi connectivity index (χ0v) is 37.3. The first kappa shape index (κ1) is 48.7. The molecule has 0 amide bonds. The molecule has 12 nitrogen and oxygen atoms in total. The molecule has 0 radical (unpaired) electrons. The first-order valence-electron chi connectivity index (χ1n) is 21.9. The highest BCUT2D eigenvalue weighted by molar-refractivity contribution is 5.85. The second kappa shape index (κ2) is 20.1. The number of ether oxygens (including phenoxy) is 5. The van der Waals surface area contributed by atoms with Crippen molar-refractivity contribution in [2.45, 2.75) is 196 Å². The molecule has 8 atom stereocenters. The van der Waals surface area contributed by atoms with Crippen LogP contribution < -0.4 is 0 Å². The molecule has 58 heavy (non-hydrogen) atoms. The molecule has 8 unspecified atom stereocenters. The average molecular weight is 813 g/mol. The first-order chi connectivity index (χ1) is 27.1. The molecular weight excluding hydrogens is 741 g/mol. The molecule has 0 spiro atoms. The summed E-state index contributed by atoms with van der Waals surface area (Å²) >= 11 is 0. The number of nitriles is 2. The van der Waals surface area contributed by atoms with Gasteiger partial charge in [-0.15, -0.1) is 0 Å². The smallest absolute Gasteiger partial charge is 0.344 e. The third kappa shape index (κ3) is 11.1. The highest BCUT2D eigenvalue weighted by atomic mass is 16.6. The molecule has 5 saturated carbocycles. The molecule has 1 aliphatic heterocycles. The summed E-state index contributed by atoms with van der Waals surface area (Å²) in [6, 6.07) is 3.85. The third-order valence-electron chi connectivity index (χ3n) is 14.3. The molecule has 326 valence electrons. The molecule has 4 bridgehead atoms. The summed E-state index contributed by atoms with van der Waals surface area (Å²) in [6.45, 7) is 20.4. The van der Waals surface area contributed by atoms with Crippen molar-refractivity contribution >= 4 is 29.8 Å². The van der Waals surface area contributed by atoms with E-state index in [4.69, 9.17) is 28.9 Å². The number of hydrogen-bond donors (Lipinski definition) is 0. The summed E-state index contributed by atoms with van der Waals surface area (Å²) in [5.41, 5.74) is -2.50. The van der Waals surface area contributed by atoms with Crippen LogP contribution in [0.5, 0.6) is 0 Å². The molecule has 6 fully saturated rings. The van der Waals surface area contributed by atoms with Gasteiger partial charge >= 0.3 is 29.8 Å². The van der Waals surface area contributed by atoms with Gasteiger partial charge in [0.15, 0.2) is 12.0 Å². The summed E-state index contributed by atoms with van der Waals surface area (Å²) in [7, 11) is 0. The van der Waals surface area contributed by atoms with Crippen LogP contribution in [0, 0.1) is 68.0 Å². The molecule has 5 aliphatic carbocycles. The number of nitrogens with zero attached hydrogens (tertiary/aromatic N) is 2. The molecule has 0 aromatic rings. The van der Waals surface area contributed by atoms with Gasteiger partial charge in [0.1, 0.15) is 23.9 Å². The molecule has 6 rings (SSSR count). The summed E-state index contributed by atoms with van der Waals surface area (Å²) in [5.74, 6) is -0.371. The monoisotopic (exact) mass is 813 g/mol. The van der Waals surface area contributed by atoms with Gasteiger partial charge in [-0.25, -0.2) is 4.79 Å². The summed E-state index contributed by atoms with van der Waals surface area (Å²) in [5, 5.41) is 16.7. The van der Waals surface area contributed by atoms with Crippen molar-refractivity contribution in [3.05, 3.63) is 0 Å². The summed E-state index contributed by atoms with van der Waals surface area (Å²) in [6.07, 6.45) is 14.2. The van der Waals surface area contributed by atoms with E-state index in [1.54, 1.807) is 19.9 Å². The zero-order chi connectivity index (χ0) is 43.7. The summed E-state index contributed by atoms with van der Waals surface area (Å²) in [4.78, 5) is 59.9. The van der Waals surface area contributed by atoms with E-state index >= 15 is 0 Å². The van der Waals surface area contributed by atoms with Gasteiger partial charge < -0.3 is 23.7 Å². The predicted molar refractivity (Wildman–Crippen MR) is 216 cm³/mol. The lowest BCUT2D eigenvalue weighted by Crippen LogP contribution is -2.40. The van der Waals surface area contributed by atoms with Crippen LogP contribution in [0.15, 0.2) is 0 Å². The number of esters is 5. The van der Waals surface area contributed by atoms with E-state index in [2.05, 4.69) is 13.0 Å². The van der Waals surface area contributed by atoms with Crippen LogP contribution in [0.25, 0.3) is 0 Å². The van der Waals surface area contributed by atoms with Gasteiger partial charge in [-0.2, -0.15) is 10.5 Å². The fourth-order valence-electron chi connectivity index (χ4n) is 8.91. The van der Waals surface area contributed by atoms with Crippen molar-refractivity contribution < 1.29 is 47.7 Å². The molecule has 0 aromatic carbocycles. The quantitative estimate of drug-likeness (QED) is 0.135. The van der Waals surface area contributed by atoms with Crippen molar-refractivity contribution in [1.29, 1.82) is 10.5 Å². The Labute approximate surface area is 347 Å². The van der Waals surface area contributed by atoms with Crippen molar-refractivity contribution in [3.8, 4) is 12.1 Å². The van der Waals surface area contributed by atoms with Gasteiger partial charge in [0.25, 0.3) is 0 Å². The Morgan fingerprint density at radius 3 is 1.84 bits per heavy atom. The van der Waals surface area contributed by atoms with Crippen LogP contribution in [0.3, 0.4) is 0 Å². The van der Waals surface area contributed by atoms with Gasteiger partial charge in [-0.05, 0) is 143 Å². The van der Waals surface area contributed by atoms with Gasteiger partial charge in [0.2, 0.25) is 0 Å². The lowest BCUT2D eigenvalue weighted by Gasteiger charge is -2.38. The predicted octanol–water partition coefficient (Wildman–Crippen LogP) is 9.12. The maximum atomic E-state index is 12.1. The second-order valence-corrected chi connectivity index (χ2v) is 19.3. The van der Waals surface area contributed by atoms with E-state index in [1.807, 2.05) is 48.5 Å². The topological polar surface area (TPSA) is 179 Å². The minimum absolute atomic E-state index is 0.00236. The van der Waals surface area contributed by atoms with Crippen LogP contribution in [0.1, 0.15) is 172 Å². The Balaban J connectivity index is 0.000000233. The van der Waals surface area contributed by atoms with Gasteiger partial charge in [-0.1, -0.05) is 34.1 Å². The maximum absolute atomic E-state index is 12.1. The summed E-state index contributed by atoms with van der Waals surface area (Å²) < 4.78 is 27.2. The van der Waals surface area contributed by atoms with Crippen LogP contribution in [0.2, 0.25) is 0 Å². The number of carbonyl (C=O) groups is 5. The highest BCUT2D eigenvalue weighted by Gasteiger charge is 2.72. The average Bonchev–Trinajstić information content (AvgIpc) is 4.02. The Hall–Kier alpha value is -3.67. The number of fused-ring (bicyclic) bond motifs is 3. The minimum Gasteiger partial charge on any atom is -0.462 e. The number of hydrogen-bond acceptors (Lipinski definition) is 12. The number of carbonyl (C=O) groups excluding carboxylic acids is 5. The SMILES string of the molecule is CC#N.CCC(C)(C)C(=O)OC1CC2CCC1C2.CCC(C)(C)C(=O)OCC(=O)OC1C2CC3C1OC(=O)C3(C#N)C2.CCC1(OC(=O)C(C)(C)CC)CCCCC1. The normalized spacial score (nSPS) is 29.7. The maximum Gasteiger partial charge on any atom is 0.344 e. The second-order valence-electron chi connectivity index (χ2n) is 19.3. The molecule has 6 aliphatic rings. The van der Waals surface area contributed by atoms with E-state index in [-0.39, 0.29) is 46.3 Å². The van der Waals surface area contributed by atoms with E-state index in [9.17, 15) is 29.2 Å². The lowest BCUT2D eigenvalue weighted by atomic mass is 9.75. The molecular formula is C46H72N2O10. The van der Waals surface area contributed by atoms with Crippen LogP contribution in [-0.4, -0.2) is 60.4 Å². The van der Waals surface area contributed by atoms with Crippen molar-refractivity contribution in [2.75, 3.05) is 6.61 Å². The van der Waals surface area contributed by atoms with Gasteiger partial charge in [-0.3, -0.25) is 19.2 Å². The third-order valence-corrected chi connectivity index (χ3v) is 14.3. The number of rotatable bonds is 12. The zero-order valence-electron chi connectivity index (χ0n) is 37.3. The molecule has 1 saturated heterocycles. The minimum atomic E-state index is -1.06. The van der Waals surface area contributed by atoms with E-state index < -0.39 is 47.6 Å². The van der Waals surface area contributed by atoms with Crippen LogP contribution in [-0.2, 0) is 47.7 Å². The largest absolute Gasteiger partial charge is 0.462 e. The van der Waals surface area contributed by atoms with E-state index in [0.29, 0.717) is 25.2 Å². The van der Waals surface area contributed by atoms with Crippen molar-refractivity contribution in [1.82, 2.24) is 0 Å². The lowest BCUT2D eigenvalue weighted by molar-refractivity contribution is -0.175. The van der Waals surface area contributed by atoms with E-state index in [0.717, 1.165) is 44.4 Å². The fourth-order valence-corrected chi connectivity index (χ4v) is 8.91. The Morgan fingerprint density at radius 1 is 0.776 bits per heavy atom. The van der Waals surface area contributed by atoms with Crippen LogP contribution >= 0.6 is 0 Å². The Morgan fingerprint density at radius 2 is 1.34 bits per heavy atom. The van der Waals surface area contributed by atoms with Crippen molar-refractivity contribution in [3.63, 3.8) is 0 Å². The molecule has 0 aromatic heterocycles. The van der Waals surface area contributed by atoms with E-state index in [1.165, 1.54) is 45.4 Å². The fraction of sp³-hybridized carbons (Fsp3) is 0.848. The Kier molecular flexibility index (Phi) is 16.8. The highest BCUT2D eigenvalue weighted by Crippen LogP contribution is 2.62. The first-order valence-corrected chi connectivity index (χ1v) is 21.9. The van der Waals surface area contributed by atoms with Crippen LogP contribution in [0.4, 0.5) is 0 Å². The van der Waals surface area contributed by atoms with Gasteiger partial charge in [0, 0.05) is 18.8 Å². The standard InChI is InChI=1S/C17H21NO6.C14H26O2.C13H22O2.C2H3N/c1-4-16(2,3)14(20)22-7-11(19)23-12-9-5-10-13(12)24-15(21)17(10,6-9)8-18;1-5-13(3,4)12(15)16-14(6-2)10-8-7-9-11-14;1-4-13(2,3)12(14)15-11-8-9-5-6-10(11)7-9;1-2-3/h9-10,12-13H,4-7H2,1-3H3;5-11H2,1-4H3;9-11H,4-8H2,1-3H3;1H3. The molecule has 12 heteroatoms. The Bertz CT molecular complexity index is 1550. The van der Waals surface area contributed by atoms with Gasteiger partial charge in [0.05, 0.1) is 28.4 Å².